The minimum atomic E-state index is 0.310. The number of nitrogens with one attached hydrogen (secondary N) is 1. The molecule has 0 aliphatic rings. The molecular weight excluding hydrogens is 323 g/mol. The third kappa shape index (κ3) is 3.43. The number of aryl methyl sites for hydroxylation is 1. The summed E-state index contributed by atoms with van der Waals surface area (Å²) >= 11 is 17.8. The van der Waals surface area contributed by atoms with Crippen molar-refractivity contribution in [2.75, 3.05) is 5.43 Å². The second kappa shape index (κ2) is 6.45. The van der Waals surface area contributed by atoms with Crippen molar-refractivity contribution in [1.29, 1.82) is 0 Å². The number of nitrogens with zero attached hydrogens (tertiary/aromatic N) is 2. The van der Waals surface area contributed by atoms with Crippen LogP contribution in [0.25, 0.3) is 0 Å². The maximum Gasteiger partial charge on any atom is 0.224 e. The van der Waals surface area contributed by atoms with E-state index in [1.54, 1.807) is 6.07 Å². The van der Waals surface area contributed by atoms with Crippen LogP contribution in [0.1, 0.15) is 12.7 Å². The number of hydrogen-bond acceptors (Lipinski definition) is 5. The Balaban J connectivity index is 2.36. The highest BCUT2D eigenvalue weighted by Crippen LogP contribution is 2.36. The lowest BCUT2D eigenvalue weighted by Gasteiger charge is -2.10. The Bertz CT molecular complexity index is 614. The number of ether oxygens (including phenoxy) is 1. The number of benzene rings is 1. The highest BCUT2D eigenvalue weighted by molar-refractivity contribution is 6.43. The number of halogens is 3. The Morgan fingerprint density at radius 1 is 1.10 bits per heavy atom. The van der Waals surface area contributed by atoms with Crippen LogP contribution in [-0.4, -0.2) is 9.97 Å². The third-order valence-electron chi connectivity index (χ3n) is 2.40. The minimum Gasteiger partial charge on any atom is -0.437 e. The van der Waals surface area contributed by atoms with Gasteiger partial charge in [0.05, 0.1) is 15.1 Å². The van der Waals surface area contributed by atoms with Crippen molar-refractivity contribution in [2.24, 2.45) is 5.84 Å². The van der Waals surface area contributed by atoms with Crippen molar-refractivity contribution >= 4 is 40.6 Å². The molecule has 2 aromatic rings. The van der Waals surface area contributed by atoms with Crippen LogP contribution in [0.2, 0.25) is 15.1 Å². The summed E-state index contributed by atoms with van der Waals surface area (Å²) < 4.78 is 5.61. The van der Waals surface area contributed by atoms with Crippen LogP contribution in [0.15, 0.2) is 18.2 Å². The topological polar surface area (TPSA) is 73.1 Å². The largest absolute Gasteiger partial charge is 0.437 e. The second-order valence-corrected chi connectivity index (χ2v) is 5.03. The summed E-state index contributed by atoms with van der Waals surface area (Å²) in [5, 5.41) is 1.02. The molecule has 0 aliphatic heterocycles. The monoisotopic (exact) mass is 332 g/mol. The fraction of sp³-hybridized carbons (Fsp3) is 0.167. The number of anilines is 1. The predicted molar refractivity (Wildman–Crippen MR) is 80.8 cm³/mol. The average molecular weight is 334 g/mol. The van der Waals surface area contributed by atoms with Crippen molar-refractivity contribution < 1.29 is 4.74 Å². The van der Waals surface area contributed by atoms with E-state index < -0.39 is 0 Å². The average Bonchev–Trinajstić information content (AvgIpc) is 2.44. The normalized spacial score (nSPS) is 10.4. The molecule has 8 heteroatoms. The lowest BCUT2D eigenvalue weighted by Crippen LogP contribution is -2.10. The molecule has 0 saturated carbocycles. The van der Waals surface area contributed by atoms with Gasteiger partial charge < -0.3 is 10.2 Å². The van der Waals surface area contributed by atoms with Crippen molar-refractivity contribution in [3.8, 4) is 11.6 Å². The van der Waals surface area contributed by atoms with Gasteiger partial charge >= 0.3 is 0 Å². The summed E-state index contributed by atoms with van der Waals surface area (Å²) in [7, 11) is 0. The molecular formula is C12H11Cl3N4O. The van der Waals surface area contributed by atoms with Gasteiger partial charge in [-0.2, -0.15) is 4.98 Å². The SMILES string of the molecule is CCc1nc(NN)cc(Oc2cc(Cl)c(Cl)cc2Cl)n1. The van der Waals surface area contributed by atoms with Gasteiger partial charge in [-0.25, -0.2) is 10.8 Å². The third-order valence-corrected chi connectivity index (χ3v) is 3.42. The summed E-state index contributed by atoms with van der Waals surface area (Å²) in [6.45, 7) is 1.92. The van der Waals surface area contributed by atoms with E-state index in [0.29, 0.717) is 44.8 Å². The first-order chi connectivity index (χ1) is 9.53. The molecule has 1 heterocycles. The van der Waals surface area contributed by atoms with Crippen LogP contribution >= 0.6 is 34.8 Å². The molecule has 0 unspecified atom stereocenters. The van der Waals surface area contributed by atoms with Crippen LogP contribution in [-0.2, 0) is 6.42 Å². The molecule has 2 rings (SSSR count). The Morgan fingerprint density at radius 2 is 1.80 bits per heavy atom. The number of nitrogens with two attached hydrogens (primary N) is 1. The Morgan fingerprint density at radius 3 is 2.45 bits per heavy atom. The molecule has 3 N–H and O–H groups in total. The smallest absolute Gasteiger partial charge is 0.224 e. The van der Waals surface area contributed by atoms with Gasteiger partial charge in [-0.15, -0.1) is 0 Å². The van der Waals surface area contributed by atoms with E-state index in [4.69, 9.17) is 45.4 Å². The van der Waals surface area contributed by atoms with E-state index in [0.717, 1.165) is 0 Å². The minimum absolute atomic E-state index is 0.310. The summed E-state index contributed by atoms with van der Waals surface area (Å²) in [5.41, 5.74) is 2.45. The molecule has 0 atom stereocenters. The predicted octanol–water partition coefficient (Wildman–Crippen LogP) is 4.08. The van der Waals surface area contributed by atoms with E-state index in [9.17, 15) is 0 Å². The molecule has 5 nitrogen and oxygen atoms in total. The van der Waals surface area contributed by atoms with Crippen molar-refractivity contribution in [3.05, 3.63) is 39.1 Å². The van der Waals surface area contributed by atoms with Crippen LogP contribution in [0.3, 0.4) is 0 Å². The van der Waals surface area contributed by atoms with Gasteiger partial charge in [0.2, 0.25) is 5.88 Å². The molecule has 0 bridgehead atoms. The molecule has 0 fully saturated rings. The molecule has 0 saturated heterocycles. The molecule has 1 aromatic carbocycles. The highest BCUT2D eigenvalue weighted by Gasteiger charge is 2.10. The molecule has 20 heavy (non-hydrogen) atoms. The molecule has 0 amide bonds. The van der Waals surface area contributed by atoms with Gasteiger partial charge in [-0.05, 0) is 6.07 Å². The van der Waals surface area contributed by atoms with Gasteiger partial charge in [0.25, 0.3) is 0 Å². The number of nitrogen functional groups attached to an aromatic ring is 1. The fourth-order valence-corrected chi connectivity index (χ4v) is 2.03. The van der Waals surface area contributed by atoms with Crippen molar-refractivity contribution in [3.63, 3.8) is 0 Å². The van der Waals surface area contributed by atoms with Gasteiger partial charge in [0.1, 0.15) is 17.4 Å². The lowest BCUT2D eigenvalue weighted by atomic mass is 10.3. The van der Waals surface area contributed by atoms with Crippen LogP contribution in [0.4, 0.5) is 5.82 Å². The first-order valence-corrected chi connectivity index (χ1v) is 6.83. The van der Waals surface area contributed by atoms with Gasteiger partial charge in [0.15, 0.2) is 0 Å². The van der Waals surface area contributed by atoms with Crippen LogP contribution in [0.5, 0.6) is 11.6 Å². The van der Waals surface area contributed by atoms with E-state index in [-0.39, 0.29) is 0 Å². The first-order valence-electron chi connectivity index (χ1n) is 5.70. The highest BCUT2D eigenvalue weighted by atomic mass is 35.5. The molecule has 1 aromatic heterocycles. The summed E-state index contributed by atoms with van der Waals surface area (Å²) in [6, 6.07) is 4.58. The van der Waals surface area contributed by atoms with E-state index in [2.05, 4.69) is 15.4 Å². The fourth-order valence-electron chi connectivity index (χ4n) is 1.45. The Kier molecular flexibility index (Phi) is 4.88. The summed E-state index contributed by atoms with van der Waals surface area (Å²) in [5.74, 6) is 7.05. The maximum absolute atomic E-state index is 6.05. The van der Waals surface area contributed by atoms with Gasteiger partial charge in [0, 0.05) is 18.6 Å². The molecule has 0 radical (unpaired) electrons. The Hall–Kier alpha value is -1.27. The number of hydrazine groups is 1. The lowest BCUT2D eigenvalue weighted by molar-refractivity contribution is 0.459. The van der Waals surface area contributed by atoms with Gasteiger partial charge in [-0.1, -0.05) is 41.7 Å². The number of aromatic nitrogens is 2. The van der Waals surface area contributed by atoms with E-state index >= 15 is 0 Å². The quantitative estimate of drug-likeness (QED) is 0.501. The maximum atomic E-state index is 6.05. The zero-order valence-corrected chi connectivity index (χ0v) is 12.7. The van der Waals surface area contributed by atoms with Crippen LogP contribution in [0, 0.1) is 0 Å². The van der Waals surface area contributed by atoms with Crippen molar-refractivity contribution in [1.82, 2.24) is 9.97 Å². The van der Waals surface area contributed by atoms with Gasteiger partial charge in [-0.3, -0.25) is 0 Å². The van der Waals surface area contributed by atoms with Crippen molar-refractivity contribution in [2.45, 2.75) is 13.3 Å². The molecule has 0 spiro atoms. The molecule has 0 aliphatic carbocycles. The first kappa shape index (κ1) is 15.1. The zero-order valence-electron chi connectivity index (χ0n) is 10.5. The molecule has 106 valence electrons. The Labute approximate surface area is 131 Å². The second-order valence-electron chi connectivity index (χ2n) is 3.80. The van der Waals surface area contributed by atoms with Crippen LogP contribution < -0.4 is 16.0 Å². The van der Waals surface area contributed by atoms with E-state index in [1.807, 2.05) is 6.92 Å². The summed E-state index contributed by atoms with van der Waals surface area (Å²) in [6.07, 6.45) is 0.640. The van der Waals surface area contributed by atoms with E-state index in [1.165, 1.54) is 12.1 Å². The number of rotatable bonds is 4. The standard InChI is InChI=1S/C12H11Cl3N4O/c1-2-10-17-11(19-16)5-12(18-10)20-9-4-7(14)6(13)3-8(9)15/h3-5H,2,16H2,1H3,(H,17,18,19). The number of hydrogen-bond donors (Lipinski definition) is 2. The summed E-state index contributed by atoms with van der Waals surface area (Å²) in [4.78, 5) is 8.38. The zero-order chi connectivity index (χ0) is 14.7.